The molecule has 0 aliphatic rings. The second-order valence-electron chi connectivity index (χ2n) is 0.378. The molecule has 0 aliphatic heterocycles. The van der Waals surface area contributed by atoms with Crippen LogP contribution in [0.15, 0.2) is 0 Å². The number of rotatable bonds is 0. The van der Waals surface area contributed by atoms with Crippen molar-refractivity contribution in [3.05, 3.63) is 0 Å². The summed E-state index contributed by atoms with van der Waals surface area (Å²) in [6.07, 6.45) is 0. The van der Waals surface area contributed by atoms with Gasteiger partial charge in [0, 0.05) is 0 Å². The minimum atomic E-state index is -5.62. The summed E-state index contributed by atoms with van der Waals surface area (Å²) in [6.45, 7) is 0. The summed E-state index contributed by atoms with van der Waals surface area (Å²) in [6, 6.07) is 0. The summed E-state index contributed by atoms with van der Waals surface area (Å²) < 4.78 is 34.3. The Kier molecular flexibility index (Phi) is 0.908. The fraction of sp³-hybridized carbons (Fsp3) is 0. The first-order valence-electron chi connectivity index (χ1n) is 0.617. The summed E-state index contributed by atoms with van der Waals surface area (Å²) in [4.78, 5) is 0. The van der Waals surface area contributed by atoms with Gasteiger partial charge in [0.05, 0.1) is 0 Å². The van der Waals surface area contributed by atoms with Gasteiger partial charge in [-0.25, -0.2) is 0 Å². The fourth-order valence-corrected chi connectivity index (χ4v) is 0. The van der Waals surface area contributed by atoms with Crippen LogP contribution in [-0.4, -0.2) is 0 Å². The molecule has 0 bridgehead atoms. The van der Waals surface area contributed by atoms with Crippen LogP contribution < -0.4 is 4.19 Å². The molecule has 0 aliphatic carbocycles. The van der Waals surface area contributed by atoms with Crippen molar-refractivity contribution in [3.63, 3.8) is 0 Å². The van der Waals surface area contributed by atoms with Gasteiger partial charge < -0.3 is 0 Å². The van der Waals surface area contributed by atoms with Gasteiger partial charge in [-0.1, -0.05) is 0 Å². The molecule has 0 unspecified atom stereocenters. The molecule has 4 nitrogen and oxygen atoms in total. The molecule has 0 amide bonds. The molecule has 0 N–H and O–H groups in total. The van der Waals surface area contributed by atoms with E-state index in [0.29, 0.717) is 0 Å². The van der Waals surface area contributed by atoms with Crippen molar-refractivity contribution < 1.29 is 30.1 Å². The van der Waals surface area contributed by atoms with Gasteiger partial charge in [-0.05, 0) is 0 Å². The third kappa shape index (κ3) is 943. The Labute approximate surface area is 31.1 Å². The van der Waals surface area contributed by atoms with E-state index in [1.165, 1.54) is 0 Å². The van der Waals surface area contributed by atoms with Gasteiger partial charge in [0.2, 0.25) is 0 Å². The molecule has 0 radical (unpaired) electrons. The Balaban J connectivity index is 0. The first-order chi connectivity index (χ1) is 2.00. The van der Waals surface area contributed by atoms with Gasteiger partial charge >= 0.3 is 30.1 Å². The van der Waals surface area contributed by atoms with Crippen molar-refractivity contribution in [1.29, 1.82) is 0 Å². The normalized spacial score (nSPS) is 11.4. The van der Waals surface area contributed by atoms with E-state index in [1.54, 1.807) is 0 Å². The van der Waals surface area contributed by atoms with Crippen LogP contribution in [0.25, 0.3) is 0 Å². The predicted molar refractivity (Wildman–Crippen MR) is 3.17 cm³/mol. The van der Waals surface area contributed by atoms with Crippen molar-refractivity contribution in [2.45, 2.75) is 0 Å². The van der Waals surface area contributed by atoms with Crippen molar-refractivity contribution in [2.24, 2.45) is 0 Å². The third-order valence-corrected chi connectivity index (χ3v) is 0. The molecule has 0 fully saturated rings. The molecule has 0 rings (SSSR count). The van der Waals surface area contributed by atoms with Crippen molar-refractivity contribution in [1.82, 2.24) is 0 Å². The van der Waals surface area contributed by atoms with Crippen LogP contribution in [0.3, 0.4) is 0 Å². The molecule has 0 heterocycles. The average molecular weight is 120 g/mol. The number of hydrogen-bond acceptors (Lipinski definition) is 4. The average Bonchev–Trinajstić information content (AvgIpc) is 0.722. The van der Waals surface area contributed by atoms with E-state index in [-0.39, 0.29) is 1.43 Å². The quantitative estimate of drug-likeness (QED) is 0.367. The van der Waals surface area contributed by atoms with Crippen LogP contribution in [0.4, 0.5) is 0 Å². The third-order valence-electron chi connectivity index (χ3n) is 0. The van der Waals surface area contributed by atoms with Gasteiger partial charge in [-0.15, -0.1) is 0 Å². The second-order valence-corrected chi connectivity index (χ2v) is 1.56. The van der Waals surface area contributed by atoms with E-state index in [4.69, 9.17) is 15.7 Å². The van der Waals surface area contributed by atoms with Gasteiger partial charge in [0.25, 0.3) is 0 Å². The van der Waals surface area contributed by atoms with E-state index in [0.717, 1.165) is 0 Å². The van der Waals surface area contributed by atoms with E-state index < -0.39 is 13.0 Å². The van der Waals surface area contributed by atoms with E-state index >= 15 is 0 Å². The minimum absolute atomic E-state index is 0. The summed E-state index contributed by atoms with van der Waals surface area (Å²) >= 11 is -5.62. The molecule has 32 valence electrons. The van der Waals surface area contributed by atoms with Crippen LogP contribution in [0, 0.1) is 0 Å². The SMILES string of the molecule is [H+].[O]=[Mn](=[O])(=[O])[O-]. The molecule has 5 heavy (non-hydrogen) atoms. The summed E-state index contributed by atoms with van der Waals surface area (Å²) in [5.41, 5.74) is 0. The Morgan fingerprint density at radius 3 is 1.40 bits per heavy atom. The van der Waals surface area contributed by atoms with Crippen LogP contribution in [0.2, 0.25) is 0 Å². The van der Waals surface area contributed by atoms with Gasteiger partial charge in [0.15, 0.2) is 0 Å². The van der Waals surface area contributed by atoms with Crippen LogP contribution in [0.5, 0.6) is 0 Å². The molecule has 0 aromatic heterocycles. The Bertz CT molecular complexity index is 129. The van der Waals surface area contributed by atoms with E-state index in [9.17, 15) is 0 Å². The maximum absolute atomic E-state index is 8.58. The van der Waals surface area contributed by atoms with Crippen LogP contribution in [-0.2, 0) is 24.5 Å². The van der Waals surface area contributed by atoms with Crippen molar-refractivity contribution in [2.75, 3.05) is 0 Å². The van der Waals surface area contributed by atoms with E-state index in [2.05, 4.69) is 0 Å². The summed E-state index contributed by atoms with van der Waals surface area (Å²) in [7, 11) is 0. The Hall–Kier alpha value is -0.121. The Morgan fingerprint density at radius 2 is 1.40 bits per heavy atom. The van der Waals surface area contributed by atoms with Crippen LogP contribution in [0.1, 0.15) is 1.43 Å². The second kappa shape index (κ2) is 0.931. The zero-order chi connectivity index (χ0) is 4.50. The molecule has 0 spiro atoms. The zero-order valence-electron chi connectivity index (χ0n) is 3.01. The molecular formula is HMnO4. The van der Waals surface area contributed by atoms with Gasteiger partial charge in [-0.2, -0.15) is 0 Å². The maximum atomic E-state index is 8.58. The summed E-state index contributed by atoms with van der Waals surface area (Å²) in [5.74, 6) is 0. The molecule has 0 aromatic rings. The molecule has 5 heteroatoms. The van der Waals surface area contributed by atoms with Gasteiger partial charge in [-0.3, -0.25) is 0 Å². The zero-order valence-corrected chi connectivity index (χ0v) is 3.19. The van der Waals surface area contributed by atoms with E-state index in [1.807, 2.05) is 0 Å². The molecule has 0 aromatic carbocycles. The van der Waals surface area contributed by atoms with Crippen molar-refractivity contribution in [3.8, 4) is 0 Å². The summed E-state index contributed by atoms with van der Waals surface area (Å²) in [5, 5.41) is 0. The van der Waals surface area contributed by atoms with Gasteiger partial charge in [0.1, 0.15) is 0 Å². The first-order valence-corrected chi connectivity index (χ1v) is 2.54. The number of hydrogen-bond donors (Lipinski definition) is 0. The first kappa shape index (κ1) is 4.88. The fourth-order valence-electron chi connectivity index (χ4n) is 0. The molecule has 0 saturated carbocycles. The van der Waals surface area contributed by atoms with Crippen LogP contribution >= 0.6 is 0 Å². The molecule has 0 atom stereocenters. The monoisotopic (exact) mass is 120 g/mol. The standard InChI is InChI=1S/Mn.4O/q;;;;-1/p+1. The Morgan fingerprint density at radius 1 is 1.40 bits per heavy atom. The molecule has 0 saturated heterocycles. The molecular weight excluding hydrogens is 119 g/mol. The van der Waals surface area contributed by atoms with Crippen molar-refractivity contribution >= 4 is 0 Å². The topological polar surface area (TPSA) is 74.3 Å². The predicted octanol–water partition coefficient (Wildman–Crippen LogP) is -1.44.